The summed E-state index contributed by atoms with van der Waals surface area (Å²) in [5.41, 5.74) is -0.913. The van der Waals surface area contributed by atoms with Crippen LogP contribution in [0.4, 0.5) is 0 Å². The molecule has 1 aromatic carbocycles. The highest BCUT2D eigenvalue weighted by molar-refractivity contribution is 7.99. The predicted octanol–water partition coefficient (Wildman–Crippen LogP) is 1.21. The van der Waals surface area contributed by atoms with Gasteiger partial charge in [-0.1, -0.05) is 30.8 Å². The maximum atomic E-state index is 11.5. The van der Waals surface area contributed by atoms with Crippen LogP contribution in [0.25, 0.3) is 0 Å². The van der Waals surface area contributed by atoms with E-state index < -0.39 is 11.1 Å². The minimum absolute atomic E-state index is 0.0797. The van der Waals surface area contributed by atoms with Gasteiger partial charge in [0.1, 0.15) is 0 Å². The van der Waals surface area contributed by atoms with Crippen molar-refractivity contribution in [2.75, 3.05) is 0 Å². The van der Waals surface area contributed by atoms with Crippen molar-refractivity contribution in [1.82, 2.24) is 14.8 Å². The minimum atomic E-state index is -0.816. The van der Waals surface area contributed by atoms with Crippen molar-refractivity contribution in [3.8, 4) is 0 Å². The van der Waals surface area contributed by atoms with E-state index in [0.717, 1.165) is 4.90 Å². The van der Waals surface area contributed by atoms with Crippen molar-refractivity contribution in [2.45, 2.75) is 23.4 Å². The van der Waals surface area contributed by atoms with E-state index in [2.05, 4.69) is 10.1 Å². The predicted molar refractivity (Wildman–Crippen MR) is 75.3 cm³/mol. The van der Waals surface area contributed by atoms with Gasteiger partial charge in [0.05, 0.1) is 0 Å². The lowest BCUT2D eigenvalue weighted by atomic mass is 10.1. The fourth-order valence-corrected chi connectivity index (χ4v) is 2.36. The van der Waals surface area contributed by atoms with Gasteiger partial charge >= 0.3 is 11.1 Å². The average Bonchev–Trinajstić information content (AvgIpc) is 2.44. The first-order chi connectivity index (χ1) is 9.51. The van der Waals surface area contributed by atoms with Crippen LogP contribution in [-0.2, 0) is 7.05 Å². The fourth-order valence-electron chi connectivity index (χ4n) is 1.57. The average molecular weight is 291 g/mol. The molecular weight excluding hydrogens is 278 g/mol. The SMILES string of the molecule is CCC(=O)c1ccc(Sc2nc(=O)c(=O)[nH]n2C)cc1. The quantitative estimate of drug-likeness (QED) is 0.676. The van der Waals surface area contributed by atoms with Gasteiger partial charge in [-0.15, -0.1) is 0 Å². The number of carbonyl (C=O) groups is 1. The zero-order chi connectivity index (χ0) is 14.7. The molecule has 2 rings (SSSR count). The molecule has 0 spiro atoms. The Hall–Kier alpha value is -2.15. The molecule has 1 N–H and O–H groups in total. The summed E-state index contributed by atoms with van der Waals surface area (Å²) in [7, 11) is 1.60. The Balaban J connectivity index is 2.27. The zero-order valence-corrected chi connectivity index (χ0v) is 11.9. The van der Waals surface area contributed by atoms with Crippen LogP contribution in [0.3, 0.4) is 0 Å². The number of rotatable bonds is 4. The van der Waals surface area contributed by atoms with Crippen molar-refractivity contribution in [1.29, 1.82) is 0 Å². The molecule has 0 bridgehead atoms. The molecule has 0 unspecified atom stereocenters. The molecule has 0 aliphatic carbocycles. The maximum Gasteiger partial charge on any atom is 0.339 e. The van der Waals surface area contributed by atoms with Crippen LogP contribution in [0.5, 0.6) is 0 Å². The van der Waals surface area contributed by atoms with E-state index in [1.165, 1.54) is 16.4 Å². The van der Waals surface area contributed by atoms with Gasteiger partial charge in [0.15, 0.2) is 10.9 Å². The van der Waals surface area contributed by atoms with Crippen LogP contribution in [0.15, 0.2) is 43.9 Å². The highest BCUT2D eigenvalue weighted by atomic mass is 32.2. The lowest BCUT2D eigenvalue weighted by Gasteiger charge is -2.06. The summed E-state index contributed by atoms with van der Waals surface area (Å²) >= 11 is 1.24. The Kier molecular flexibility index (Phi) is 4.19. The molecule has 20 heavy (non-hydrogen) atoms. The van der Waals surface area contributed by atoms with Gasteiger partial charge in [0.2, 0.25) is 0 Å². The number of Topliss-reactive ketones (excluding diaryl/α,β-unsaturated/α-hetero) is 1. The summed E-state index contributed by atoms with van der Waals surface area (Å²) in [6.45, 7) is 1.81. The highest BCUT2D eigenvalue weighted by Crippen LogP contribution is 2.24. The molecule has 0 saturated carbocycles. The third kappa shape index (κ3) is 3.05. The topological polar surface area (TPSA) is 84.8 Å². The van der Waals surface area contributed by atoms with Gasteiger partial charge in [-0.25, -0.2) is 0 Å². The van der Waals surface area contributed by atoms with E-state index in [9.17, 15) is 14.4 Å². The standard InChI is InChI=1S/C13H13N3O3S/c1-3-10(17)8-4-6-9(7-5-8)20-13-14-11(18)12(19)15-16(13)2/h4-7H,3H2,1-2H3,(H,15,19). The second kappa shape index (κ2) is 5.87. The molecule has 0 aliphatic rings. The number of nitrogens with zero attached hydrogens (tertiary/aromatic N) is 2. The normalized spacial score (nSPS) is 10.5. The summed E-state index contributed by atoms with van der Waals surface area (Å²) in [6, 6.07) is 7.03. The number of hydrogen-bond acceptors (Lipinski definition) is 5. The Morgan fingerprint density at radius 2 is 1.95 bits per heavy atom. The van der Waals surface area contributed by atoms with Crippen LogP contribution in [-0.4, -0.2) is 20.5 Å². The third-order valence-electron chi connectivity index (χ3n) is 2.65. The largest absolute Gasteiger partial charge is 0.339 e. The van der Waals surface area contributed by atoms with E-state index in [0.29, 0.717) is 17.1 Å². The van der Waals surface area contributed by atoms with Crippen LogP contribution >= 0.6 is 11.8 Å². The molecule has 2 aromatic rings. The van der Waals surface area contributed by atoms with E-state index in [1.807, 2.05) is 6.92 Å². The number of aromatic nitrogens is 3. The van der Waals surface area contributed by atoms with Gasteiger partial charge in [-0.3, -0.25) is 24.2 Å². The number of H-pyrrole nitrogens is 1. The second-order valence-electron chi connectivity index (χ2n) is 4.10. The monoisotopic (exact) mass is 291 g/mol. The van der Waals surface area contributed by atoms with E-state index in [1.54, 1.807) is 31.3 Å². The lowest BCUT2D eigenvalue weighted by Crippen LogP contribution is -2.33. The molecule has 0 fully saturated rings. The van der Waals surface area contributed by atoms with Gasteiger partial charge < -0.3 is 0 Å². The molecule has 0 saturated heterocycles. The third-order valence-corrected chi connectivity index (χ3v) is 3.71. The summed E-state index contributed by atoms with van der Waals surface area (Å²) in [4.78, 5) is 38.4. The summed E-state index contributed by atoms with van der Waals surface area (Å²) in [5.74, 6) is 0.0797. The van der Waals surface area contributed by atoms with Crippen molar-refractivity contribution in [3.05, 3.63) is 50.5 Å². The van der Waals surface area contributed by atoms with Gasteiger partial charge in [0, 0.05) is 23.9 Å². The molecule has 0 amide bonds. The Labute approximate surface area is 118 Å². The number of aromatic amines is 1. The van der Waals surface area contributed by atoms with Crippen LogP contribution in [0, 0.1) is 0 Å². The highest BCUT2D eigenvalue weighted by Gasteiger charge is 2.07. The Bertz CT molecular complexity index is 747. The fraction of sp³-hybridized carbons (Fsp3) is 0.231. The minimum Gasteiger partial charge on any atom is -0.294 e. The summed E-state index contributed by atoms with van der Waals surface area (Å²) < 4.78 is 1.39. The van der Waals surface area contributed by atoms with Crippen LogP contribution in [0.1, 0.15) is 23.7 Å². The van der Waals surface area contributed by atoms with E-state index in [-0.39, 0.29) is 5.78 Å². The Morgan fingerprint density at radius 1 is 1.30 bits per heavy atom. The number of hydrogen-bond donors (Lipinski definition) is 1. The molecule has 0 aliphatic heterocycles. The molecule has 0 radical (unpaired) electrons. The van der Waals surface area contributed by atoms with Crippen molar-refractivity contribution < 1.29 is 4.79 Å². The van der Waals surface area contributed by atoms with E-state index >= 15 is 0 Å². The van der Waals surface area contributed by atoms with E-state index in [4.69, 9.17) is 0 Å². The number of nitrogens with one attached hydrogen (secondary N) is 1. The molecule has 1 heterocycles. The van der Waals surface area contributed by atoms with Crippen molar-refractivity contribution >= 4 is 17.5 Å². The number of carbonyl (C=O) groups excluding carboxylic acids is 1. The Morgan fingerprint density at radius 3 is 2.55 bits per heavy atom. The molecule has 7 heteroatoms. The van der Waals surface area contributed by atoms with Crippen molar-refractivity contribution in [2.24, 2.45) is 7.05 Å². The molecule has 6 nitrogen and oxygen atoms in total. The summed E-state index contributed by atoms with van der Waals surface area (Å²) in [5, 5.41) is 2.76. The first kappa shape index (κ1) is 14.3. The maximum absolute atomic E-state index is 11.5. The van der Waals surface area contributed by atoms with Gasteiger partial charge in [-0.05, 0) is 12.1 Å². The summed E-state index contributed by atoms with van der Waals surface area (Å²) in [6.07, 6.45) is 0.461. The van der Waals surface area contributed by atoms with Gasteiger partial charge in [-0.2, -0.15) is 4.98 Å². The molecule has 104 valence electrons. The number of ketones is 1. The first-order valence-corrected chi connectivity index (χ1v) is 6.81. The first-order valence-electron chi connectivity index (χ1n) is 5.99. The molecule has 1 aromatic heterocycles. The molecule has 0 atom stereocenters. The zero-order valence-electron chi connectivity index (χ0n) is 11.0. The van der Waals surface area contributed by atoms with Crippen LogP contribution < -0.4 is 11.1 Å². The van der Waals surface area contributed by atoms with Gasteiger partial charge in [0.25, 0.3) is 0 Å². The van der Waals surface area contributed by atoms with Crippen molar-refractivity contribution in [3.63, 3.8) is 0 Å². The number of benzene rings is 1. The number of aryl methyl sites for hydroxylation is 1. The smallest absolute Gasteiger partial charge is 0.294 e. The molecular formula is C13H13N3O3S. The lowest BCUT2D eigenvalue weighted by molar-refractivity contribution is 0.0988. The second-order valence-corrected chi connectivity index (χ2v) is 5.14. The van der Waals surface area contributed by atoms with Crippen LogP contribution in [0.2, 0.25) is 0 Å².